The molecule has 0 amide bonds. The van der Waals surface area contributed by atoms with E-state index in [0.29, 0.717) is 22.0 Å². The predicted molar refractivity (Wildman–Crippen MR) is 96.1 cm³/mol. The Balaban J connectivity index is 1.97. The van der Waals surface area contributed by atoms with Crippen LogP contribution in [-0.2, 0) is 19.4 Å². The molecule has 0 spiro atoms. The van der Waals surface area contributed by atoms with Crippen molar-refractivity contribution in [3.63, 3.8) is 0 Å². The van der Waals surface area contributed by atoms with Gasteiger partial charge < -0.3 is 5.32 Å². The number of rotatable bonds is 3. The predicted octanol–water partition coefficient (Wildman–Crippen LogP) is 6.63. The van der Waals surface area contributed by atoms with E-state index in [4.69, 9.17) is 0 Å². The van der Waals surface area contributed by atoms with Crippen LogP contribution in [0.3, 0.4) is 0 Å². The van der Waals surface area contributed by atoms with Gasteiger partial charge in [0.15, 0.2) is 0 Å². The van der Waals surface area contributed by atoms with E-state index in [1.807, 2.05) is 0 Å². The molecule has 0 fully saturated rings. The third-order valence-corrected chi connectivity index (χ3v) is 4.59. The summed E-state index contributed by atoms with van der Waals surface area (Å²) in [7, 11) is 1.71. The first-order valence-corrected chi connectivity index (χ1v) is 8.59. The van der Waals surface area contributed by atoms with Gasteiger partial charge in [0, 0.05) is 12.7 Å². The van der Waals surface area contributed by atoms with Crippen molar-refractivity contribution < 1.29 is 26.3 Å². The zero-order valence-corrected chi connectivity index (χ0v) is 15.7. The molecule has 1 N–H and O–H groups in total. The maximum atomic E-state index is 13.3. The third-order valence-electron chi connectivity index (χ3n) is 4.01. The number of hydrogen-bond acceptors (Lipinski definition) is 2. The molecule has 1 heterocycles. The molecule has 28 heavy (non-hydrogen) atoms. The number of anilines is 2. The van der Waals surface area contributed by atoms with E-state index in [-0.39, 0.29) is 17.2 Å². The van der Waals surface area contributed by atoms with Gasteiger partial charge in [-0.2, -0.15) is 31.4 Å². The van der Waals surface area contributed by atoms with Gasteiger partial charge in [-0.3, -0.25) is 4.68 Å². The molecule has 0 radical (unpaired) electrons. The van der Waals surface area contributed by atoms with Crippen LogP contribution in [0, 0.1) is 0 Å². The zero-order valence-electron chi connectivity index (χ0n) is 14.2. The lowest BCUT2D eigenvalue weighted by Crippen LogP contribution is -2.12. The van der Waals surface area contributed by atoms with E-state index in [2.05, 4.69) is 26.3 Å². The van der Waals surface area contributed by atoms with Crippen LogP contribution in [0.15, 0.2) is 53.1 Å². The van der Waals surface area contributed by atoms with E-state index >= 15 is 0 Å². The smallest absolute Gasteiger partial charge is 0.340 e. The van der Waals surface area contributed by atoms with Crippen LogP contribution in [-0.4, -0.2) is 9.78 Å². The first-order chi connectivity index (χ1) is 13.0. The second kappa shape index (κ2) is 7.16. The Morgan fingerprint density at radius 3 is 2.07 bits per heavy atom. The molecule has 0 atom stereocenters. The van der Waals surface area contributed by atoms with Crippen molar-refractivity contribution in [2.75, 3.05) is 5.32 Å². The molecule has 148 valence electrons. The molecule has 0 saturated heterocycles. The normalized spacial score (nSPS) is 12.3. The number of hydrogen-bond donors (Lipinski definition) is 1. The topological polar surface area (TPSA) is 29.9 Å². The Kier molecular flexibility index (Phi) is 5.18. The average molecular weight is 464 g/mol. The summed E-state index contributed by atoms with van der Waals surface area (Å²) in [5, 5.41) is 7.09. The van der Waals surface area contributed by atoms with Crippen molar-refractivity contribution in [2.24, 2.45) is 7.05 Å². The highest BCUT2D eigenvalue weighted by Crippen LogP contribution is 2.41. The van der Waals surface area contributed by atoms with Crippen LogP contribution in [0.4, 0.5) is 37.8 Å². The molecule has 3 nitrogen and oxygen atoms in total. The van der Waals surface area contributed by atoms with Gasteiger partial charge in [-0.05, 0) is 51.3 Å². The molecular weight excluding hydrogens is 452 g/mol. The Morgan fingerprint density at radius 2 is 1.57 bits per heavy atom. The van der Waals surface area contributed by atoms with Gasteiger partial charge in [0.25, 0.3) is 0 Å². The highest BCUT2D eigenvalue weighted by molar-refractivity contribution is 9.10. The lowest BCUT2D eigenvalue weighted by Gasteiger charge is -2.16. The van der Waals surface area contributed by atoms with Gasteiger partial charge >= 0.3 is 12.4 Å². The highest BCUT2D eigenvalue weighted by atomic mass is 79.9. The van der Waals surface area contributed by atoms with Crippen LogP contribution >= 0.6 is 15.9 Å². The second-order valence-corrected chi connectivity index (χ2v) is 6.78. The fraction of sp³-hybridized carbons (Fsp3) is 0.167. The number of halogens is 7. The first-order valence-electron chi connectivity index (χ1n) is 7.80. The lowest BCUT2D eigenvalue weighted by molar-refractivity contribution is -0.142. The Labute approximate surface area is 164 Å². The fourth-order valence-electron chi connectivity index (χ4n) is 2.63. The summed E-state index contributed by atoms with van der Waals surface area (Å²) in [6.45, 7) is 0. The molecule has 0 bridgehead atoms. The summed E-state index contributed by atoms with van der Waals surface area (Å²) < 4.78 is 80.7. The molecule has 10 heteroatoms. The van der Waals surface area contributed by atoms with E-state index in [1.165, 1.54) is 24.3 Å². The number of benzene rings is 2. The van der Waals surface area contributed by atoms with E-state index in [9.17, 15) is 26.3 Å². The molecule has 3 aromatic rings. The first kappa shape index (κ1) is 20.2. The van der Waals surface area contributed by atoms with Gasteiger partial charge in [0.05, 0.1) is 21.8 Å². The molecular formula is C18H12BrF6N3. The monoisotopic (exact) mass is 463 g/mol. The van der Waals surface area contributed by atoms with E-state index in [1.54, 1.807) is 17.9 Å². The summed E-state index contributed by atoms with van der Waals surface area (Å²) in [5.74, 6) is 0.637. The van der Waals surface area contributed by atoms with E-state index < -0.39 is 23.5 Å². The minimum absolute atomic E-state index is 0.133. The maximum absolute atomic E-state index is 13.3. The average Bonchev–Trinajstić information content (AvgIpc) is 2.92. The Morgan fingerprint density at radius 1 is 0.929 bits per heavy atom. The maximum Gasteiger partial charge on any atom is 0.417 e. The minimum atomic E-state index is -4.92. The third kappa shape index (κ3) is 4.16. The fourth-order valence-corrected chi connectivity index (χ4v) is 3.08. The molecule has 0 unspecified atom stereocenters. The standard InChI is InChI=1S/C18H12BrF6N3/c1-28-16(15(19)9-26-28)27-12-5-2-10(3-6-12)13-7-4-11(17(20,21)22)8-14(13)18(23,24)25/h2-9,27H,1H3. The van der Waals surface area contributed by atoms with Crippen molar-refractivity contribution in [3.8, 4) is 11.1 Å². The highest BCUT2D eigenvalue weighted by Gasteiger charge is 2.38. The lowest BCUT2D eigenvalue weighted by atomic mass is 9.96. The Hall–Kier alpha value is -2.49. The van der Waals surface area contributed by atoms with Gasteiger partial charge in [-0.1, -0.05) is 18.2 Å². The van der Waals surface area contributed by atoms with Crippen molar-refractivity contribution >= 4 is 27.4 Å². The van der Waals surface area contributed by atoms with E-state index in [0.717, 1.165) is 6.07 Å². The number of nitrogens with zero attached hydrogens (tertiary/aromatic N) is 2. The largest absolute Gasteiger partial charge is 0.417 e. The minimum Gasteiger partial charge on any atom is -0.340 e. The summed E-state index contributed by atoms with van der Waals surface area (Å²) in [4.78, 5) is 0. The van der Waals surface area contributed by atoms with Gasteiger partial charge in [0.2, 0.25) is 0 Å². The van der Waals surface area contributed by atoms with Gasteiger partial charge in [-0.15, -0.1) is 0 Å². The SMILES string of the molecule is Cn1ncc(Br)c1Nc1ccc(-c2ccc(C(F)(F)F)cc2C(F)(F)F)cc1. The molecule has 0 saturated carbocycles. The summed E-state index contributed by atoms with van der Waals surface area (Å²) in [6.07, 6.45) is -8.20. The molecule has 3 rings (SSSR count). The van der Waals surface area contributed by atoms with Crippen LogP contribution in [0.2, 0.25) is 0 Å². The Bertz CT molecular complexity index is 971. The van der Waals surface area contributed by atoms with Gasteiger partial charge in [0.1, 0.15) is 5.82 Å². The van der Waals surface area contributed by atoms with Crippen molar-refractivity contribution in [2.45, 2.75) is 12.4 Å². The van der Waals surface area contributed by atoms with Gasteiger partial charge in [-0.25, -0.2) is 0 Å². The molecule has 0 aliphatic rings. The molecule has 1 aromatic heterocycles. The summed E-state index contributed by atoms with van der Waals surface area (Å²) in [5.41, 5.74) is -2.28. The molecule has 0 aliphatic carbocycles. The van der Waals surface area contributed by atoms with Crippen molar-refractivity contribution in [1.29, 1.82) is 0 Å². The number of nitrogens with one attached hydrogen (secondary N) is 1. The van der Waals surface area contributed by atoms with Crippen LogP contribution in [0.25, 0.3) is 11.1 Å². The van der Waals surface area contributed by atoms with Crippen LogP contribution < -0.4 is 5.32 Å². The van der Waals surface area contributed by atoms with Crippen molar-refractivity contribution in [3.05, 3.63) is 64.3 Å². The molecule has 0 aliphatic heterocycles. The van der Waals surface area contributed by atoms with Crippen LogP contribution in [0.5, 0.6) is 0 Å². The summed E-state index contributed by atoms with van der Waals surface area (Å²) in [6, 6.07) is 7.50. The zero-order chi connectivity index (χ0) is 20.7. The quantitative estimate of drug-likeness (QED) is 0.441. The summed E-state index contributed by atoms with van der Waals surface area (Å²) >= 11 is 3.32. The molecule has 2 aromatic carbocycles. The number of aryl methyl sites for hydroxylation is 1. The van der Waals surface area contributed by atoms with Crippen molar-refractivity contribution in [1.82, 2.24) is 9.78 Å². The number of aromatic nitrogens is 2. The van der Waals surface area contributed by atoms with Crippen LogP contribution in [0.1, 0.15) is 11.1 Å². The second-order valence-electron chi connectivity index (χ2n) is 5.92. The number of alkyl halides is 6.